The molecule has 0 saturated heterocycles. The van der Waals surface area contributed by atoms with E-state index in [-0.39, 0.29) is 5.91 Å². The average Bonchev–Trinajstić information content (AvgIpc) is 2.34. The van der Waals surface area contributed by atoms with Crippen LogP contribution in [0.15, 0.2) is 48.5 Å². The molecule has 0 aliphatic carbocycles. The minimum atomic E-state index is -0.146. The van der Waals surface area contributed by atoms with E-state index in [1.165, 1.54) is 6.92 Å². The van der Waals surface area contributed by atoms with Gasteiger partial charge >= 0.3 is 0 Å². The molecule has 0 spiro atoms. The van der Waals surface area contributed by atoms with E-state index >= 15 is 0 Å². The molecule has 0 aliphatic rings. The van der Waals surface area contributed by atoms with Crippen molar-refractivity contribution in [2.75, 3.05) is 11.1 Å². The molecule has 92 valence electrons. The maximum absolute atomic E-state index is 11.1. The average molecular weight is 242 g/mol. The van der Waals surface area contributed by atoms with Crippen molar-refractivity contribution in [1.82, 2.24) is 0 Å². The van der Waals surface area contributed by atoms with Gasteiger partial charge in [-0.05, 0) is 24.3 Å². The quantitative estimate of drug-likeness (QED) is 0.813. The van der Waals surface area contributed by atoms with Crippen LogP contribution in [0.25, 0.3) is 0 Å². The molecule has 1 amide bonds. The summed E-state index contributed by atoms with van der Waals surface area (Å²) in [4.78, 5) is 11.1. The van der Waals surface area contributed by atoms with Crippen LogP contribution in [0.1, 0.15) is 6.92 Å². The van der Waals surface area contributed by atoms with Gasteiger partial charge in [-0.3, -0.25) is 4.79 Å². The summed E-state index contributed by atoms with van der Waals surface area (Å²) < 4.78 is 5.70. The number of ether oxygens (including phenoxy) is 1. The van der Waals surface area contributed by atoms with Crippen molar-refractivity contribution in [2.24, 2.45) is 0 Å². The topological polar surface area (TPSA) is 64.3 Å². The molecule has 0 bridgehead atoms. The monoisotopic (exact) mass is 242 g/mol. The molecular weight excluding hydrogens is 228 g/mol. The van der Waals surface area contributed by atoms with E-state index in [2.05, 4.69) is 5.32 Å². The van der Waals surface area contributed by atoms with Crippen LogP contribution >= 0.6 is 0 Å². The number of nitrogens with two attached hydrogens (primary N) is 1. The Hall–Kier alpha value is -2.49. The molecule has 0 unspecified atom stereocenters. The van der Waals surface area contributed by atoms with E-state index in [0.717, 1.165) is 0 Å². The third-order valence-corrected chi connectivity index (χ3v) is 2.34. The summed E-state index contributed by atoms with van der Waals surface area (Å²) in [5.41, 5.74) is 6.98. The third kappa shape index (κ3) is 2.79. The van der Waals surface area contributed by atoms with Gasteiger partial charge in [0.2, 0.25) is 5.91 Å². The van der Waals surface area contributed by atoms with E-state index in [0.29, 0.717) is 22.9 Å². The first-order valence-electron chi connectivity index (χ1n) is 5.56. The number of nitrogens with one attached hydrogen (secondary N) is 1. The van der Waals surface area contributed by atoms with Gasteiger partial charge in [0.1, 0.15) is 5.75 Å². The summed E-state index contributed by atoms with van der Waals surface area (Å²) in [6.07, 6.45) is 0. The highest BCUT2D eigenvalue weighted by atomic mass is 16.5. The molecule has 0 aliphatic heterocycles. The Morgan fingerprint density at radius 2 is 1.67 bits per heavy atom. The first-order chi connectivity index (χ1) is 8.66. The van der Waals surface area contributed by atoms with Crippen LogP contribution in [0.3, 0.4) is 0 Å². The predicted molar refractivity (Wildman–Crippen MR) is 71.7 cm³/mol. The lowest BCUT2D eigenvalue weighted by Gasteiger charge is -2.12. The van der Waals surface area contributed by atoms with E-state index in [9.17, 15) is 4.79 Å². The van der Waals surface area contributed by atoms with E-state index in [1.54, 1.807) is 24.3 Å². The van der Waals surface area contributed by atoms with Crippen LogP contribution in [0.4, 0.5) is 11.4 Å². The summed E-state index contributed by atoms with van der Waals surface area (Å²) in [5, 5.41) is 2.71. The summed E-state index contributed by atoms with van der Waals surface area (Å²) in [6, 6.07) is 14.4. The number of carbonyl (C=O) groups is 1. The van der Waals surface area contributed by atoms with Crippen molar-refractivity contribution < 1.29 is 9.53 Å². The second-order valence-electron chi connectivity index (χ2n) is 3.82. The summed E-state index contributed by atoms with van der Waals surface area (Å²) in [7, 11) is 0. The fourth-order valence-corrected chi connectivity index (χ4v) is 1.54. The predicted octanol–water partition coefficient (Wildman–Crippen LogP) is 3.02. The third-order valence-electron chi connectivity index (χ3n) is 2.34. The molecule has 0 heterocycles. The Balaban J connectivity index is 2.29. The van der Waals surface area contributed by atoms with Gasteiger partial charge in [-0.25, -0.2) is 0 Å². The van der Waals surface area contributed by atoms with Gasteiger partial charge < -0.3 is 15.8 Å². The highest BCUT2D eigenvalue weighted by Crippen LogP contribution is 2.32. The lowest BCUT2D eigenvalue weighted by atomic mass is 10.2. The molecule has 2 rings (SSSR count). The minimum absolute atomic E-state index is 0.146. The molecule has 3 N–H and O–H groups in total. The van der Waals surface area contributed by atoms with Crippen LogP contribution in [0.2, 0.25) is 0 Å². The molecule has 2 aromatic carbocycles. The SMILES string of the molecule is CC(=O)Nc1ccccc1Oc1ccccc1N. The minimum Gasteiger partial charge on any atom is -0.453 e. The van der Waals surface area contributed by atoms with Gasteiger partial charge in [0.25, 0.3) is 0 Å². The summed E-state index contributed by atoms with van der Waals surface area (Å²) in [6.45, 7) is 1.45. The molecule has 0 saturated carbocycles. The van der Waals surface area contributed by atoms with Crippen molar-refractivity contribution in [3.63, 3.8) is 0 Å². The second kappa shape index (κ2) is 5.23. The first kappa shape index (κ1) is 12.0. The van der Waals surface area contributed by atoms with Gasteiger partial charge in [0.15, 0.2) is 5.75 Å². The van der Waals surface area contributed by atoms with Gasteiger partial charge in [-0.2, -0.15) is 0 Å². The lowest BCUT2D eigenvalue weighted by molar-refractivity contribution is -0.114. The summed E-state index contributed by atoms with van der Waals surface area (Å²) in [5.74, 6) is 0.980. The number of para-hydroxylation sites is 4. The van der Waals surface area contributed by atoms with Crippen molar-refractivity contribution in [1.29, 1.82) is 0 Å². The van der Waals surface area contributed by atoms with Crippen LogP contribution in [0, 0.1) is 0 Å². The van der Waals surface area contributed by atoms with Gasteiger partial charge in [-0.15, -0.1) is 0 Å². The molecule has 18 heavy (non-hydrogen) atoms. The number of benzene rings is 2. The number of amides is 1. The van der Waals surface area contributed by atoms with Gasteiger partial charge in [-0.1, -0.05) is 24.3 Å². The van der Waals surface area contributed by atoms with E-state index in [4.69, 9.17) is 10.5 Å². The number of carbonyl (C=O) groups excluding carboxylic acids is 1. The van der Waals surface area contributed by atoms with Crippen molar-refractivity contribution in [2.45, 2.75) is 6.92 Å². The Bertz CT molecular complexity index is 567. The first-order valence-corrected chi connectivity index (χ1v) is 5.56. The maximum Gasteiger partial charge on any atom is 0.221 e. The highest BCUT2D eigenvalue weighted by Gasteiger charge is 2.07. The second-order valence-corrected chi connectivity index (χ2v) is 3.82. The molecule has 0 radical (unpaired) electrons. The van der Waals surface area contributed by atoms with Crippen LogP contribution < -0.4 is 15.8 Å². The van der Waals surface area contributed by atoms with Crippen molar-refractivity contribution in [3.05, 3.63) is 48.5 Å². The maximum atomic E-state index is 11.1. The Morgan fingerprint density at radius 1 is 1.06 bits per heavy atom. The standard InChI is InChI=1S/C14H14N2O2/c1-10(17)16-12-7-3-5-9-14(12)18-13-8-4-2-6-11(13)15/h2-9H,15H2,1H3,(H,16,17). The molecular formula is C14H14N2O2. The molecule has 0 atom stereocenters. The smallest absolute Gasteiger partial charge is 0.221 e. The fourth-order valence-electron chi connectivity index (χ4n) is 1.54. The number of hydrogen-bond donors (Lipinski definition) is 2. The zero-order valence-corrected chi connectivity index (χ0v) is 10.0. The van der Waals surface area contributed by atoms with Crippen LogP contribution in [-0.4, -0.2) is 5.91 Å². The van der Waals surface area contributed by atoms with Crippen LogP contribution in [0.5, 0.6) is 11.5 Å². The van der Waals surface area contributed by atoms with E-state index in [1.807, 2.05) is 24.3 Å². The van der Waals surface area contributed by atoms with Crippen LogP contribution in [-0.2, 0) is 4.79 Å². The number of rotatable bonds is 3. The molecule has 0 aromatic heterocycles. The lowest BCUT2D eigenvalue weighted by Crippen LogP contribution is -2.06. The largest absolute Gasteiger partial charge is 0.453 e. The fraction of sp³-hybridized carbons (Fsp3) is 0.0714. The van der Waals surface area contributed by atoms with Gasteiger partial charge in [0, 0.05) is 6.92 Å². The zero-order chi connectivity index (χ0) is 13.0. The number of hydrogen-bond acceptors (Lipinski definition) is 3. The summed E-state index contributed by atoms with van der Waals surface area (Å²) >= 11 is 0. The van der Waals surface area contributed by atoms with Gasteiger partial charge in [0.05, 0.1) is 11.4 Å². The number of nitrogen functional groups attached to an aromatic ring is 1. The normalized spacial score (nSPS) is 9.83. The molecule has 4 heteroatoms. The Morgan fingerprint density at radius 3 is 2.33 bits per heavy atom. The molecule has 4 nitrogen and oxygen atoms in total. The Labute approximate surface area is 105 Å². The molecule has 2 aromatic rings. The molecule has 0 fully saturated rings. The van der Waals surface area contributed by atoms with Crippen molar-refractivity contribution in [3.8, 4) is 11.5 Å². The van der Waals surface area contributed by atoms with E-state index < -0.39 is 0 Å². The number of anilines is 2. The van der Waals surface area contributed by atoms with Crippen molar-refractivity contribution >= 4 is 17.3 Å². The zero-order valence-electron chi connectivity index (χ0n) is 10.0. The highest BCUT2D eigenvalue weighted by molar-refractivity contribution is 5.90. The Kier molecular flexibility index (Phi) is 3.48.